The molecule has 0 bridgehead atoms. The molecule has 23 heavy (non-hydrogen) atoms. The van der Waals surface area contributed by atoms with Crippen LogP contribution in [0.5, 0.6) is 0 Å². The SMILES string of the molecule is CCC1(CC)NC(=O)N(Cc2nc(CC(C)NC)no2)C1=O.Cl. The summed E-state index contributed by atoms with van der Waals surface area (Å²) in [4.78, 5) is 29.9. The first kappa shape index (κ1) is 19.4. The Labute approximate surface area is 141 Å². The summed E-state index contributed by atoms with van der Waals surface area (Å²) >= 11 is 0. The van der Waals surface area contributed by atoms with Gasteiger partial charge in [-0.15, -0.1) is 12.4 Å². The summed E-state index contributed by atoms with van der Waals surface area (Å²) < 4.78 is 5.14. The van der Waals surface area contributed by atoms with E-state index in [2.05, 4.69) is 20.8 Å². The molecule has 1 aromatic heterocycles. The minimum atomic E-state index is -0.805. The topological polar surface area (TPSA) is 100 Å². The smallest absolute Gasteiger partial charge is 0.325 e. The molecule has 2 heterocycles. The molecule has 1 fully saturated rings. The maximum atomic E-state index is 12.5. The molecule has 3 amide bonds. The Bertz CT molecular complexity index is 558. The first-order valence-electron chi connectivity index (χ1n) is 7.58. The van der Waals surface area contributed by atoms with Crippen molar-refractivity contribution in [2.45, 2.75) is 58.2 Å². The summed E-state index contributed by atoms with van der Waals surface area (Å²) in [6, 6.07) is -0.188. The Morgan fingerprint density at radius 3 is 2.52 bits per heavy atom. The fourth-order valence-electron chi connectivity index (χ4n) is 2.50. The minimum Gasteiger partial charge on any atom is -0.337 e. The van der Waals surface area contributed by atoms with Crippen LogP contribution in [0.4, 0.5) is 4.79 Å². The molecule has 2 N–H and O–H groups in total. The van der Waals surface area contributed by atoms with Crippen LogP contribution >= 0.6 is 12.4 Å². The van der Waals surface area contributed by atoms with E-state index in [0.29, 0.717) is 25.1 Å². The maximum Gasteiger partial charge on any atom is 0.325 e. The van der Waals surface area contributed by atoms with Crippen LogP contribution in [0, 0.1) is 0 Å². The third-order valence-corrected chi connectivity index (χ3v) is 4.24. The fraction of sp³-hybridized carbons (Fsp3) is 0.714. The Hall–Kier alpha value is -1.67. The number of rotatable bonds is 7. The van der Waals surface area contributed by atoms with Crippen molar-refractivity contribution < 1.29 is 14.1 Å². The lowest BCUT2D eigenvalue weighted by Gasteiger charge is -2.22. The highest BCUT2D eigenvalue weighted by Gasteiger charge is 2.49. The van der Waals surface area contributed by atoms with E-state index >= 15 is 0 Å². The number of amides is 3. The van der Waals surface area contributed by atoms with Crippen LogP contribution in [0.1, 0.15) is 45.3 Å². The van der Waals surface area contributed by atoms with Crippen LogP contribution in [0.15, 0.2) is 4.52 Å². The van der Waals surface area contributed by atoms with Crippen LogP contribution < -0.4 is 10.6 Å². The Balaban J connectivity index is 0.00000264. The highest BCUT2D eigenvalue weighted by atomic mass is 35.5. The Kier molecular flexibility index (Phi) is 6.52. The van der Waals surface area contributed by atoms with Gasteiger partial charge in [0.2, 0.25) is 5.89 Å². The summed E-state index contributed by atoms with van der Waals surface area (Å²) in [6.45, 7) is 5.78. The average Bonchev–Trinajstić information content (AvgIpc) is 3.05. The standard InChI is InChI=1S/C14H23N5O3.ClH/c1-5-14(6-2)12(20)19(13(21)17-14)8-11-16-10(18-22-11)7-9(3)15-4;/h9,15H,5-8H2,1-4H3,(H,17,21);1H. The number of imide groups is 1. The molecule has 8 nitrogen and oxygen atoms in total. The normalized spacial score (nSPS) is 17.8. The summed E-state index contributed by atoms with van der Waals surface area (Å²) in [6.07, 6.45) is 1.73. The zero-order chi connectivity index (χ0) is 16.3. The van der Waals surface area contributed by atoms with Crippen molar-refractivity contribution in [1.82, 2.24) is 25.7 Å². The van der Waals surface area contributed by atoms with Crippen molar-refractivity contribution >= 4 is 24.3 Å². The van der Waals surface area contributed by atoms with E-state index in [-0.39, 0.29) is 36.8 Å². The van der Waals surface area contributed by atoms with Gasteiger partial charge in [-0.25, -0.2) is 4.79 Å². The lowest BCUT2D eigenvalue weighted by molar-refractivity contribution is -0.132. The second kappa shape index (κ2) is 7.74. The Morgan fingerprint density at radius 1 is 1.35 bits per heavy atom. The van der Waals surface area contributed by atoms with Crippen molar-refractivity contribution in [3.05, 3.63) is 11.7 Å². The van der Waals surface area contributed by atoms with Crippen LogP contribution in [-0.2, 0) is 17.8 Å². The molecule has 1 atom stereocenters. The molecule has 0 aromatic carbocycles. The first-order chi connectivity index (χ1) is 10.5. The third-order valence-electron chi connectivity index (χ3n) is 4.24. The van der Waals surface area contributed by atoms with E-state index in [1.165, 1.54) is 0 Å². The summed E-state index contributed by atoms with van der Waals surface area (Å²) in [5, 5.41) is 9.74. The predicted molar refractivity (Wildman–Crippen MR) is 86.2 cm³/mol. The molecule has 130 valence electrons. The van der Waals surface area contributed by atoms with Gasteiger partial charge in [0.25, 0.3) is 5.91 Å². The lowest BCUT2D eigenvalue weighted by atomic mass is 9.93. The molecule has 9 heteroatoms. The molecule has 1 saturated heterocycles. The first-order valence-corrected chi connectivity index (χ1v) is 7.58. The second-order valence-electron chi connectivity index (χ2n) is 5.61. The molecular formula is C14H24ClN5O3. The largest absolute Gasteiger partial charge is 0.337 e. The van der Waals surface area contributed by atoms with Crippen molar-refractivity contribution in [3.63, 3.8) is 0 Å². The molecule has 1 aliphatic heterocycles. The van der Waals surface area contributed by atoms with Crippen molar-refractivity contribution in [3.8, 4) is 0 Å². The van der Waals surface area contributed by atoms with Gasteiger partial charge in [-0.3, -0.25) is 9.69 Å². The number of hydrogen-bond donors (Lipinski definition) is 2. The van der Waals surface area contributed by atoms with Crippen LogP contribution in [0.3, 0.4) is 0 Å². The van der Waals surface area contributed by atoms with Gasteiger partial charge in [0.15, 0.2) is 5.82 Å². The maximum absolute atomic E-state index is 12.5. The van der Waals surface area contributed by atoms with Crippen molar-refractivity contribution in [2.75, 3.05) is 7.05 Å². The monoisotopic (exact) mass is 345 g/mol. The van der Waals surface area contributed by atoms with Crippen molar-refractivity contribution in [2.24, 2.45) is 0 Å². The second-order valence-corrected chi connectivity index (χ2v) is 5.61. The van der Waals surface area contributed by atoms with Crippen molar-refractivity contribution in [1.29, 1.82) is 0 Å². The molecular weight excluding hydrogens is 322 g/mol. The molecule has 1 aliphatic rings. The molecule has 1 aromatic rings. The van der Waals surface area contributed by atoms with Gasteiger partial charge in [-0.05, 0) is 26.8 Å². The van der Waals surface area contributed by atoms with Crippen LogP contribution in [0.2, 0.25) is 0 Å². The summed E-state index contributed by atoms with van der Waals surface area (Å²) in [5.74, 6) is 0.594. The number of carbonyl (C=O) groups excluding carboxylic acids is 2. The quantitative estimate of drug-likeness (QED) is 0.721. The predicted octanol–water partition coefficient (Wildman–Crippen LogP) is 1.25. The molecule has 1 unspecified atom stereocenters. The highest BCUT2D eigenvalue weighted by molar-refractivity contribution is 6.06. The number of carbonyl (C=O) groups is 2. The van der Waals surface area contributed by atoms with Gasteiger partial charge in [0.05, 0.1) is 0 Å². The molecule has 0 aliphatic carbocycles. The third kappa shape index (κ3) is 3.81. The molecule has 0 radical (unpaired) electrons. The Morgan fingerprint density at radius 2 is 2.00 bits per heavy atom. The number of nitrogens with one attached hydrogen (secondary N) is 2. The molecule has 2 rings (SSSR count). The van der Waals surface area contributed by atoms with E-state index < -0.39 is 11.6 Å². The number of urea groups is 1. The zero-order valence-corrected chi connectivity index (χ0v) is 14.7. The fourth-order valence-corrected chi connectivity index (χ4v) is 2.50. The minimum absolute atomic E-state index is 0. The molecule has 0 spiro atoms. The number of halogens is 1. The highest BCUT2D eigenvalue weighted by Crippen LogP contribution is 2.25. The lowest BCUT2D eigenvalue weighted by Crippen LogP contribution is -2.45. The van der Waals surface area contributed by atoms with Crippen LogP contribution in [-0.4, -0.2) is 45.6 Å². The summed E-state index contributed by atoms with van der Waals surface area (Å²) in [5.41, 5.74) is -0.805. The number of hydrogen-bond acceptors (Lipinski definition) is 6. The van der Waals surface area contributed by atoms with Gasteiger partial charge in [-0.2, -0.15) is 4.98 Å². The molecule has 0 saturated carbocycles. The van der Waals surface area contributed by atoms with E-state index in [4.69, 9.17) is 4.52 Å². The van der Waals surface area contributed by atoms with Gasteiger partial charge < -0.3 is 15.2 Å². The van der Waals surface area contributed by atoms with E-state index in [1.54, 1.807) is 0 Å². The van der Waals surface area contributed by atoms with E-state index in [9.17, 15) is 9.59 Å². The number of likely N-dealkylation sites (N-methyl/N-ethyl adjacent to an activating group) is 1. The van der Waals surface area contributed by atoms with E-state index in [1.807, 2.05) is 27.8 Å². The van der Waals surface area contributed by atoms with E-state index in [0.717, 1.165) is 4.90 Å². The summed E-state index contributed by atoms with van der Waals surface area (Å²) in [7, 11) is 1.86. The number of aromatic nitrogens is 2. The van der Waals surface area contributed by atoms with Gasteiger partial charge in [0.1, 0.15) is 12.1 Å². The average molecular weight is 346 g/mol. The zero-order valence-electron chi connectivity index (χ0n) is 13.9. The van der Waals surface area contributed by atoms with Gasteiger partial charge in [0, 0.05) is 12.5 Å². The van der Waals surface area contributed by atoms with Gasteiger partial charge in [-0.1, -0.05) is 19.0 Å². The van der Waals surface area contributed by atoms with Gasteiger partial charge >= 0.3 is 6.03 Å². The number of nitrogens with zero attached hydrogens (tertiary/aromatic N) is 3. The van der Waals surface area contributed by atoms with Crippen LogP contribution in [0.25, 0.3) is 0 Å².